The zero-order valence-electron chi connectivity index (χ0n) is 12.4. The molecule has 1 aromatic rings. The normalized spacial score (nSPS) is 20.6. The number of fused-ring (bicyclic) bond motifs is 1. The number of unbranched alkanes of at least 4 members (excludes halogenated alkanes) is 1. The maximum Gasteiger partial charge on any atom is 0.237 e. The van der Waals surface area contributed by atoms with Gasteiger partial charge in [-0.1, -0.05) is 18.2 Å². The average Bonchev–Trinajstić information content (AvgIpc) is 2.70. The molecule has 0 bridgehead atoms. The van der Waals surface area contributed by atoms with Gasteiger partial charge < -0.3 is 16.4 Å². The van der Waals surface area contributed by atoms with E-state index in [-0.39, 0.29) is 0 Å². The minimum absolute atomic E-state index is 0.419. The average molecular weight is 275 g/mol. The van der Waals surface area contributed by atoms with Crippen LogP contribution in [0.25, 0.3) is 0 Å². The van der Waals surface area contributed by atoms with Crippen LogP contribution in [0.3, 0.4) is 0 Å². The number of carbonyl (C=O) groups is 1. The van der Waals surface area contributed by atoms with Crippen molar-refractivity contribution >= 4 is 11.6 Å². The van der Waals surface area contributed by atoms with E-state index in [2.05, 4.69) is 36.1 Å². The van der Waals surface area contributed by atoms with Crippen LogP contribution in [0.15, 0.2) is 24.3 Å². The fraction of sp³-hybridized carbons (Fsp3) is 0.562. The first-order valence-electron chi connectivity index (χ1n) is 7.35. The molecule has 0 saturated carbocycles. The summed E-state index contributed by atoms with van der Waals surface area (Å²) in [5, 5.41) is 0. The van der Waals surface area contributed by atoms with Crippen LogP contribution < -0.4 is 16.4 Å². The summed E-state index contributed by atoms with van der Waals surface area (Å²) < 4.78 is 0. The third kappa shape index (κ3) is 3.12. The van der Waals surface area contributed by atoms with Gasteiger partial charge in [-0.3, -0.25) is 4.79 Å². The number of nitrogens with zero attached hydrogens (tertiary/aromatic N) is 1. The lowest BCUT2D eigenvalue weighted by molar-refractivity contribution is -0.122. The van der Waals surface area contributed by atoms with Crippen molar-refractivity contribution in [3.05, 3.63) is 29.8 Å². The molecule has 1 aliphatic rings. The topological polar surface area (TPSA) is 72.3 Å². The first-order valence-corrected chi connectivity index (χ1v) is 7.35. The SMILES string of the molecule is CC1Cc2ccccc2N1CCCCC(C)(N)C(N)=O. The summed E-state index contributed by atoms with van der Waals surface area (Å²) in [6.07, 6.45) is 3.71. The van der Waals surface area contributed by atoms with Crippen molar-refractivity contribution in [1.29, 1.82) is 0 Å². The van der Waals surface area contributed by atoms with Gasteiger partial charge in [0.1, 0.15) is 0 Å². The van der Waals surface area contributed by atoms with E-state index in [4.69, 9.17) is 11.5 Å². The summed E-state index contributed by atoms with van der Waals surface area (Å²) >= 11 is 0. The van der Waals surface area contributed by atoms with Gasteiger partial charge in [-0.15, -0.1) is 0 Å². The Hall–Kier alpha value is -1.55. The second kappa shape index (κ2) is 5.83. The molecule has 0 aliphatic carbocycles. The van der Waals surface area contributed by atoms with E-state index in [9.17, 15) is 4.79 Å². The Balaban J connectivity index is 1.85. The van der Waals surface area contributed by atoms with Gasteiger partial charge in [-0.05, 0) is 51.2 Å². The molecule has 0 fully saturated rings. The molecule has 2 rings (SSSR count). The smallest absolute Gasteiger partial charge is 0.237 e. The number of amides is 1. The molecule has 0 saturated heterocycles. The van der Waals surface area contributed by atoms with Crippen LogP contribution in [0.4, 0.5) is 5.69 Å². The van der Waals surface area contributed by atoms with Gasteiger partial charge >= 0.3 is 0 Å². The molecule has 4 heteroatoms. The van der Waals surface area contributed by atoms with Crippen molar-refractivity contribution in [2.45, 2.75) is 51.1 Å². The fourth-order valence-corrected chi connectivity index (χ4v) is 2.87. The van der Waals surface area contributed by atoms with Crippen molar-refractivity contribution in [2.75, 3.05) is 11.4 Å². The number of carbonyl (C=O) groups excluding carboxylic acids is 1. The second-order valence-electron chi connectivity index (χ2n) is 6.11. The Kier molecular flexibility index (Phi) is 4.33. The van der Waals surface area contributed by atoms with Crippen LogP contribution in [0.5, 0.6) is 0 Å². The summed E-state index contributed by atoms with van der Waals surface area (Å²) in [6, 6.07) is 9.13. The van der Waals surface area contributed by atoms with Gasteiger partial charge in [-0.25, -0.2) is 0 Å². The predicted octanol–water partition coefficient (Wildman–Crippen LogP) is 1.81. The molecule has 0 spiro atoms. The highest BCUT2D eigenvalue weighted by Crippen LogP contribution is 2.31. The summed E-state index contributed by atoms with van der Waals surface area (Å²) in [5.74, 6) is -0.419. The molecule has 1 aliphatic heterocycles. The van der Waals surface area contributed by atoms with Crippen LogP contribution in [-0.2, 0) is 11.2 Å². The molecule has 1 heterocycles. The van der Waals surface area contributed by atoms with Crippen molar-refractivity contribution < 1.29 is 4.79 Å². The molecular weight excluding hydrogens is 250 g/mol. The number of nitrogens with two attached hydrogens (primary N) is 2. The van der Waals surface area contributed by atoms with Gasteiger partial charge in [0.05, 0.1) is 5.54 Å². The Morgan fingerprint density at radius 1 is 1.40 bits per heavy atom. The van der Waals surface area contributed by atoms with E-state index < -0.39 is 11.4 Å². The Morgan fingerprint density at radius 3 is 2.80 bits per heavy atom. The number of anilines is 1. The molecule has 0 radical (unpaired) electrons. The lowest BCUT2D eigenvalue weighted by atomic mass is 9.95. The monoisotopic (exact) mass is 275 g/mol. The van der Waals surface area contributed by atoms with E-state index >= 15 is 0 Å². The van der Waals surface area contributed by atoms with Crippen LogP contribution in [-0.4, -0.2) is 24.0 Å². The van der Waals surface area contributed by atoms with E-state index in [1.807, 2.05) is 0 Å². The minimum Gasteiger partial charge on any atom is -0.368 e. The molecule has 1 aromatic carbocycles. The van der Waals surface area contributed by atoms with Gasteiger partial charge in [0.2, 0.25) is 5.91 Å². The van der Waals surface area contributed by atoms with E-state index in [1.165, 1.54) is 11.3 Å². The standard InChI is InChI=1S/C16H25N3O/c1-12-11-13-7-3-4-8-14(13)19(12)10-6-5-9-16(2,18)15(17)20/h3-4,7-8,12H,5-6,9-11,18H2,1-2H3,(H2,17,20). The van der Waals surface area contributed by atoms with Crippen molar-refractivity contribution in [3.8, 4) is 0 Å². The third-order valence-corrected chi connectivity index (χ3v) is 4.26. The molecule has 4 N–H and O–H groups in total. The van der Waals surface area contributed by atoms with Crippen LogP contribution >= 0.6 is 0 Å². The number of para-hydroxylation sites is 1. The molecule has 2 unspecified atom stereocenters. The summed E-state index contributed by atoms with van der Waals surface area (Å²) in [6.45, 7) is 4.98. The minimum atomic E-state index is -0.880. The second-order valence-corrected chi connectivity index (χ2v) is 6.11. The summed E-state index contributed by atoms with van der Waals surface area (Å²) in [4.78, 5) is 13.6. The lowest BCUT2D eigenvalue weighted by Gasteiger charge is -2.26. The fourth-order valence-electron chi connectivity index (χ4n) is 2.87. The maximum atomic E-state index is 11.2. The highest BCUT2D eigenvalue weighted by molar-refractivity contribution is 5.83. The summed E-state index contributed by atoms with van der Waals surface area (Å²) in [7, 11) is 0. The number of primary amides is 1. The highest BCUT2D eigenvalue weighted by atomic mass is 16.1. The predicted molar refractivity (Wildman–Crippen MR) is 82.6 cm³/mol. The van der Waals surface area contributed by atoms with Gasteiger partial charge in [0.25, 0.3) is 0 Å². The molecule has 4 nitrogen and oxygen atoms in total. The molecule has 2 atom stereocenters. The number of benzene rings is 1. The Bertz CT molecular complexity index is 484. The van der Waals surface area contributed by atoms with E-state index in [0.29, 0.717) is 12.5 Å². The van der Waals surface area contributed by atoms with Crippen LogP contribution in [0.2, 0.25) is 0 Å². The zero-order valence-corrected chi connectivity index (χ0v) is 12.4. The number of hydrogen-bond donors (Lipinski definition) is 2. The van der Waals surface area contributed by atoms with Crippen molar-refractivity contribution in [3.63, 3.8) is 0 Å². The quantitative estimate of drug-likeness (QED) is 0.778. The van der Waals surface area contributed by atoms with Crippen LogP contribution in [0, 0.1) is 0 Å². The Labute approximate surface area is 121 Å². The number of hydrogen-bond acceptors (Lipinski definition) is 3. The first-order chi connectivity index (χ1) is 9.42. The van der Waals surface area contributed by atoms with Crippen molar-refractivity contribution in [1.82, 2.24) is 0 Å². The third-order valence-electron chi connectivity index (χ3n) is 4.26. The molecule has 0 aromatic heterocycles. The van der Waals surface area contributed by atoms with E-state index in [1.54, 1.807) is 6.92 Å². The molecular formula is C16H25N3O. The van der Waals surface area contributed by atoms with Gasteiger partial charge in [-0.2, -0.15) is 0 Å². The van der Waals surface area contributed by atoms with Gasteiger partial charge in [0, 0.05) is 18.3 Å². The van der Waals surface area contributed by atoms with Crippen molar-refractivity contribution in [2.24, 2.45) is 11.5 Å². The molecule has 20 heavy (non-hydrogen) atoms. The largest absolute Gasteiger partial charge is 0.368 e. The highest BCUT2D eigenvalue weighted by Gasteiger charge is 2.27. The van der Waals surface area contributed by atoms with Gasteiger partial charge in [0.15, 0.2) is 0 Å². The Morgan fingerprint density at radius 2 is 2.10 bits per heavy atom. The summed E-state index contributed by atoms with van der Waals surface area (Å²) in [5.41, 5.74) is 13.1. The van der Waals surface area contributed by atoms with Crippen LogP contribution in [0.1, 0.15) is 38.7 Å². The molecule has 1 amide bonds. The first kappa shape index (κ1) is 14.9. The zero-order chi connectivity index (χ0) is 14.8. The molecule has 110 valence electrons. The number of rotatable bonds is 6. The van der Waals surface area contributed by atoms with E-state index in [0.717, 1.165) is 25.8 Å². The lowest BCUT2D eigenvalue weighted by Crippen LogP contribution is -2.49. The maximum absolute atomic E-state index is 11.2.